The second-order valence-electron chi connectivity index (χ2n) is 3.78. The fourth-order valence-electron chi connectivity index (χ4n) is 1.49. The molecule has 94 valence electrons. The quantitative estimate of drug-likeness (QED) is 0.871. The Labute approximate surface area is 106 Å². The molecule has 0 saturated carbocycles. The molecule has 0 aliphatic carbocycles. The molecule has 1 aromatic carbocycles. The van der Waals surface area contributed by atoms with E-state index in [1.54, 1.807) is 24.5 Å². The minimum atomic E-state index is -3.66. The lowest BCUT2D eigenvalue weighted by Gasteiger charge is -2.07. The van der Waals surface area contributed by atoms with Crippen LogP contribution < -0.4 is 10.5 Å². The lowest BCUT2D eigenvalue weighted by molar-refractivity contribution is 0.598. The smallest absolute Gasteiger partial charge is 0.238 e. The zero-order chi connectivity index (χ0) is 13.0. The van der Waals surface area contributed by atoms with Crippen LogP contribution in [-0.4, -0.2) is 13.4 Å². The van der Waals surface area contributed by atoms with E-state index < -0.39 is 10.0 Å². The number of hydrogen-bond donors (Lipinski definition) is 2. The fraction of sp³-hybridized carbons (Fsp3) is 0.0833. The number of nitrogens with zero attached hydrogens (tertiary/aromatic N) is 1. The molecular weight excluding hydrogens is 250 g/mol. The highest BCUT2D eigenvalue weighted by Crippen LogP contribution is 2.14. The number of nitrogens with one attached hydrogen (secondary N) is 1. The van der Waals surface area contributed by atoms with Gasteiger partial charge in [0.15, 0.2) is 0 Å². The van der Waals surface area contributed by atoms with Gasteiger partial charge in [0.25, 0.3) is 0 Å². The SMILES string of the molecule is NS(=O)(=O)c1cccc(NCc2ccncc2)c1. The molecule has 2 rings (SSSR count). The number of anilines is 1. The van der Waals surface area contributed by atoms with Crippen LogP contribution in [0.25, 0.3) is 0 Å². The molecule has 0 spiro atoms. The van der Waals surface area contributed by atoms with Crippen LogP contribution in [0.2, 0.25) is 0 Å². The summed E-state index contributed by atoms with van der Waals surface area (Å²) in [6.45, 7) is 0.594. The Morgan fingerprint density at radius 3 is 2.56 bits per heavy atom. The molecule has 1 heterocycles. The molecule has 0 aliphatic rings. The third kappa shape index (κ3) is 3.28. The molecule has 0 amide bonds. The van der Waals surface area contributed by atoms with Crippen molar-refractivity contribution in [2.45, 2.75) is 11.4 Å². The lowest BCUT2D eigenvalue weighted by Crippen LogP contribution is -2.12. The average molecular weight is 263 g/mol. The molecule has 0 atom stereocenters. The maximum absolute atomic E-state index is 11.2. The zero-order valence-corrected chi connectivity index (χ0v) is 10.4. The standard InChI is InChI=1S/C12H13N3O2S/c13-18(16,17)12-3-1-2-11(8-12)15-9-10-4-6-14-7-5-10/h1-8,15H,9H2,(H2,13,16,17). The Morgan fingerprint density at radius 1 is 1.17 bits per heavy atom. The van der Waals surface area contributed by atoms with Gasteiger partial charge in [-0.15, -0.1) is 0 Å². The first-order valence-electron chi connectivity index (χ1n) is 5.31. The van der Waals surface area contributed by atoms with Crippen LogP contribution in [0.3, 0.4) is 0 Å². The number of benzene rings is 1. The summed E-state index contributed by atoms with van der Waals surface area (Å²) in [5, 5.41) is 8.19. The van der Waals surface area contributed by atoms with Gasteiger partial charge in [-0.25, -0.2) is 13.6 Å². The molecule has 0 bridgehead atoms. The van der Waals surface area contributed by atoms with Crippen LogP contribution in [0, 0.1) is 0 Å². The molecule has 0 fully saturated rings. The number of rotatable bonds is 4. The number of primary sulfonamides is 1. The molecular formula is C12H13N3O2S. The molecule has 0 saturated heterocycles. The Hall–Kier alpha value is -1.92. The Bertz CT molecular complexity index is 627. The van der Waals surface area contributed by atoms with E-state index in [0.29, 0.717) is 12.2 Å². The van der Waals surface area contributed by atoms with Crippen molar-refractivity contribution in [3.63, 3.8) is 0 Å². The van der Waals surface area contributed by atoms with E-state index in [1.165, 1.54) is 12.1 Å². The number of pyridine rings is 1. The summed E-state index contributed by atoms with van der Waals surface area (Å²) < 4.78 is 22.4. The van der Waals surface area contributed by atoms with E-state index in [4.69, 9.17) is 5.14 Å². The highest BCUT2D eigenvalue weighted by Gasteiger charge is 2.07. The van der Waals surface area contributed by atoms with E-state index in [1.807, 2.05) is 12.1 Å². The number of hydrogen-bond acceptors (Lipinski definition) is 4. The summed E-state index contributed by atoms with van der Waals surface area (Å²) in [6, 6.07) is 10.2. The largest absolute Gasteiger partial charge is 0.381 e. The van der Waals surface area contributed by atoms with Gasteiger partial charge >= 0.3 is 0 Å². The minimum Gasteiger partial charge on any atom is -0.381 e. The minimum absolute atomic E-state index is 0.0993. The first-order valence-corrected chi connectivity index (χ1v) is 6.86. The van der Waals surface area contributed by atoms with Gasteiger partial charge in [-0.05, 0) is 35.9 Å². The number of aromatic nitrogens is 1. The van der Waals surface area contributed by atoms with Crippen LogP contribution in [0.1, 0.15) is 5.56 Å². The summed E-state index contributed by atoms with van der Waals surface area (Å²) in [5.41, 5.74) is 1.77. The van der Waals surface area contributed by atoms with Crippen molar-refractivity contribution in [1.29, 1.82) is 0 Å². The van der Waals surface area contributed by atoms with Crippen molar-refractivity contribution in [1.82, 2.24) is 4.98 Å². The highest BCUT2D eigenvalue weighted by molar-refractivity contribution is 7.89. The van der Waals surface area contributed by atoms with Crippen molar-refractivity contribution in [2.24, 2.45) is 5.14 Å². The van der Waals surface area contributed by atoms with E-state index in [-0.39, 0.29) is 4.90 Å². The Kier molecular flexibility index (Phi) is 3.59. The molecule has 5 nitrogen and oxygen atoms in total. The number of sulfonamides is 1. The maximum atomic E-state index is 11.2. The van der Waals surface area contributed by atoms with Gasteiger partial charge < -0.3 is 5.32 Å². The molecule has 0 radical (unpaired) electrons. The molecule has 0 unspecified atom stereocenters. The maximum Gasteiger partial charge on any atom is 0.238 e. The average Bonchev–Trinajstić information content (AvgIpc) is 2.37. The number of nitrogens with two attached hydrogens (primary N) is 1. The van der Waals surface area contributed by atoms with Gasteiger partial charge in [-0.2, -0.15) is 0 Å². The van der Waals surface area contributed by atoms with E-state index in [9.17, 15) is 8.42 Å². The van der Waals surface area contributed by atoms with Crippen LogP contribution in [-0.2, 0) is 16.6 Å². The van der Waals surface area contributed by atoms with Crippen LogP contribution in [0.5, 0.6) is 0 Å². The summed E-state index contributed by atoms with van der Waals surface area (Å²) in [4.78, 5) is 4.02. The second-order valence-corrected chi connectivity index (χ2v) is 5.34. The highest BCUT2D eigenvalue weighted by atomic mass is 32.2. The van der Waals surface area contributed by atoms with Crippen molar-refractivity contribution in [3.8, 4) is 0 Å². The van der Waals surface area contributed by atoms with Crippen LogP contribution in [0.15, 0.2) is 53.7 Å². The van der Waals surface area contributed by atoms with Gasteiger partial charge in [0.1, 0.15) is 0 Å². The summed E-state index contributed by atoms with van der Waals surface area (Å²) in [5.74, 6) is 0. The van der Waals surface area contributed by atoms with Crippen molar-refractivity contribution < 1.29 is 8.42 Å². The molecule has 6 heteroatoms. The van der Waals surface area contributed by atoms with Gasteiger partial charge in [-0.1, -0.05) is 6.07 Å². The third-order valence-corrected chi connectivity index (χ3v) is 3.32. The summed E-state index contributed by atoms with van der Waals surface area (Å²) in [7, 11) is -3.66. The topological polar surface area (TPSA) is 85.1 Å². The van der Waals surface area contributed by atoms with Crippen LogP contribution >= 0.6 is 0 Å². The first-order chi connectivity index (χ1) is 8.55. The lowest BCUT2D eigenvalue weighted by atomic mass is 10.2. The fourth-order valence-corrected chi connectivity index (χ4v) is 2.05. The Balaban J connectivity index is 2.11. The normalized spacial score (nSPS) is 11.2. The monoisotopic (exact) mass is 263 g/mol. The summed E-state index contributed by atoms with van der Waals surface area (Å²) >= 11 is 0. The van der Waals surface area contributed by atoms with Gasteiger partial charge in [0.05, 0.1) is 4.90 Å². The summed E-state index contributed by atoms with van der Waals surface area (Å²) in [6.07, 6.45) is 3.41. The third-order valence-electron chi connectivity index (χ3n) is 2.41. The molecule has 18 heavy (non-hydrogen) atoms. The molecule has 2 aromatic rings. The molecule has 1 aromatic heterocycles. The predicted molar refractivity (Wildman–Crippen MR) is 69.4 cm³/mol. The van der Waals surface area contributed by atoms with Gasteiger partial charge in [0, 0.05) is 24.6 Å². The van der Waals surface area contributed by atoms with Gasteiger partial charge in [-0.3, -0.25) is 4.98 Å². The molecule has 0 aliphatic heterocycles. The van der Waals surface area contributed by atoms with E-state index in [0.717, 1.165) is 5.56 Å². The first kappa shape index (κ1) is 12.5. The Morgan fingerprint density at radius 2 is 1.89 bits per heavy atom. The van der Waals surface area contributed by atoms with E-state index in [2.05, 4.69) is 10.3 Å². The zero-order valence-electron chi connectivity index (χ0n) is 9.58. The van der Waals surface area contributed by atoms with Crippen molar-refractivity contribution in [2.75, 3.05) is 5.32 Å². The predicted octanol–water partition coefficient (Wildman–Crippen LogP) is 1.34. The van der Waals surface area contributed by atoms with Gasteiger partial charge in [0.2, 0.25) is 10.0 Å². The van der Waals surface area contributed by atoms with Crippen molar-refractivity contribution in [3.05, 3.63) is 54.4 Å². The van der Waals surface area contributed by atoms with Crippen LogP contribution in [0.4, 0.5) is 5.69 Å². The second kappa shape index (κ2) is 5.16. The van der Waals surface area contributed by atoms with Crippen molar-refractivity contribution >= 4 is 15.7 Å². The van der Waals surface area contributed by atoms with E-state index >= 15 is 0 Å². The molecule has 3 N–H and O–H groups in total.